The number of thiazole rings is 1. The third-order valence-corrected chi connectivity index (χ3v) is 7.87. The molecule has 8 rings (SSSR count). The first-order valence-electron chi connectivity index (χ1n) is 13.1. The number of nitrogens with one attached hydrogen (secondary N) is 2. The second-order valence-electron chi connectivity index (χ2n) is 9.32. The number of hydrogen-bond acceptors (Lipinski definition) is 13. The summed E-state index contributed by atoms with van der Waals surface area (Å²) in [6.07, 6.45) is 14.9. The van der Waals surface area contributed by atoms with Gasteiger partial charge < -0.3 is 18.8 Å². The topological polar surface area (TPSA) is 167 Å². The van der Waals surface area contributed by atoms with Gasteiger partial charge in [-0.25, -0.2) is 15.0 Å². The highest BCUT2D eigenvalue weighted by atomic mass is 32.1. The highest BCUT2D eigenvalue weighted by Crippen LogP contribution is 2.57. The number of anilines is 2. The van der Waals surface area contributed by atoms with Crippen molar-refractivity contribution < 1.29 is 8.94 Å². The Hall–Kier alpha value is -5.96. The molecule has 1 aliphatic rings. The third kappa shape index (κ3) is 3.78. The van der Waals surface area contributed by atoms with Crippen LogP contribution in [0.2, 0.25) is 0 Å². The fourth-order valence-corrected chi connectivity index (χ4v) is 6.29. The van der Waals surface area contributed by atoms with Crippen LogP contribution in [0.4, 0.5) is 10.9 Å². The van der Waals surface area contributed by atoms with Gasteiger partial charge in [0.2, 0.25) is 11.6 Å². The number of pyridine rings is 1. The van der Waals surface area contributed by atoms with Crippen LogP contribution in [-0.2, 0) is 5.66 Å². The lowest BCUT2D eigenvalue weighted by Crippen LogP contribution is -2.64. The monoisotopic (exact) mass is 588 g/mol. The van der Waals surface area contributed by atoms with Gasteiger partial charge in [0.1, 0.15) is 41.5 Å². The zero-order valence-corrected chi connectivity index (χ0v) is 22.9. The maximum atomic E-state index is 6.07. The van der Waals surface area contributed by atoms with E-state index >= 15 is 0 Å². The number of oxazole rings is 1. The Morgan fingerprint density at radius 2 is 1.88 bits per heavy atom. The van der Waals surface area contributed by atoms with Crippen LogP contribution in [0.15, 0.2) is 113 Å². The molecule has 0 aromatic carbocycles. The average Bonchev–Trinajstić information content (AvgIpc) is 3.90. The minimum absolute atomic E-state index is 0.318. The Kier molecular flexibility index (Phi) is 5.85. The van der Waals surface area contributed by atoms with Gasteiger partial charge in [0, 0.05) is 54.1 Å². The van der Waals surface area contributed by atoms with Gasteiger partial charge in [0.05, 0.1) is 18.1 Å². The van der Waals surface area contributed by atoms with Crippen molar-refractivity contribution >= 4 is 33.6 Å². The molecule has 0 saturated carbocycles. The van der Waals surface area contributed by atoms with Crippen molar-refractivity contribution in [2.75, 3.05) is 9.80 Å². The molecule has 2 atom stereocenters. The maximum Gasteiger partial charge on any atom is 0.243 e. The SMILES string of the molecule is c1ccc(C2C(c3ccon3)=C(c3ncco3)N(c3nccs3)C(c3cccnn3)(c3ncc[nH]3)N2c2ccn[nH]2)nc1. The molecule has 15 heteroatoms. The van der Waals surface area contributed by atoms with Crippen LogP contribution in [0.3, 0.4) is 0 Å². The molecule has 14 nitrogen and oxygen atoms in total. The van der Waals surface area contributed by atoms with E-state index in [-0.39, 0.29) is 0 Å². The molecule has 0 spiro atoms. The third-order valence-electron chi connectivity index (χ3n) is 7.11. The predicted molar refractivity (Wildman–Crippen MR) is 154 cm³/mol. The predicted octanol–water partition coefficient (Wildman–Crippen LogP) is 4.29. The van der Waals surface area contributed by atoms with Crippen molar-refractivity contribution in [3.05, 3.63) is 133 Å². The molecule has 0 saturated heterocycles. The van der Waals surface area contributed by atoms with Crippen LogP contribution in [0.25, 0.3) is 11.3 Å². The second-order valence-corrected chi connectivity index (χ2v) is 10.2. The summed E-state index contributed by atoms with van der Waals surface area (Å²) in [6.45, 7) is 0. The normalized spacial score (nSPS) is 18.8. The van der Waals surface area contributed by atoms with Crippen LogP contribution < -0.4 is 9.80 Å². The lowest BCUT2D eigenvalue weighted by molar-refractivity contribution is 0.395. The largest absolute Gasteiger partial charge is 0.443 e. The van der Waals surface area contributed by atoms with Gasteiger partial charge in [0.25, 0.3) is 0 Å². The van der Waals surface area contributed by atoms with E-state index in [0.29, 0.717) is 51.0 Å². The van der Waals surface area contributed by atoms with Gasteiger partial charge in [-0.2, -0.15) is 15.3 Å². The van der Waals surface area contributed by atoms with Crippen LogP contribution in [0.5, 0.6) is 0 Å². The summed E-state index contributed by atoms with van der Waals surface area (Å²) in [5.74, 6) is 1.46. The van der Waals surface area contributed by atoms with Crippen molar-refractivity contribution in [1.82, 2.24) is 50.5 Å². The Balaban J connectivity index is 1.63. The molecule has 210 valence electrons. The summed E-state index contributed by atoms with van der Waals surface area (Å²) in [5.41, 5.74) is 1.62. The van der Waals surface area contributed by atoms with Gasteiger partial charge >= 0.3 is 0 Å². The van der Waals surface area contributed by atoms with E-state index in [1.165, 1.54) is 23.9 Å². The molecular weight excluding hydrogens is 568 g/mol. The van der Waals surface area contributed by atoms with Crippen molar-refractivity contribution in [2.24, 2.45) is 0 Å². The minimum atomic E-state index is -1.39. The Bertz CT molecular complexity index is 1930. The fraction of sp³-hybridized carbons (Fsp3) is 0.0714. The summed E-state index contributed by atoms with van der Waals surface area (Å²) in [5, 5.41) is 23.5. The maximum absolute atomic E-state index is 6.07. The first-order chi connectivity index (χ1) is 21.4. The highest BCUT2D eigenvalue weighted by Gasteiger charge is 2.61. The molecule has 0 bridgehead atoms. The van der Waals surface area contributed by atoms with Gasteiger partial charge in [-0.05, 0) is 24.3 Å². The summed E-state index contributed by atoms with van der Waals surface area (Å²) in [7, 11) is 0. The first-order valence-corrected chi connectivity index (χ1v) is 14.0. The summed E-state index contributed by atoms with van der Waals surface area (Å²) in [4.78, 5) is 26.6. The molecule has 1 aliphatic heterocycles. The molecule has 43 heavy (non-hydrogen) atoms. The highest BCUT2D eigenvalue weighted by molar-refractivity contribution is 7.13. The molecule has 0 radical (unpaired) electrons. The van der Waals surface area contributed by atoms with Crippen molar-refractivity contribution in [1.29, 1.82) is 0 Å². The average molecular weight is 589 g/mol. The molecule has 8 heterocycles. The van der Waals surface area contributed by atoms with Gasteiger partial charge in [-0.1, -0.05) is 11.2 Å². The van der Waals surface area contributed by atoms with Crippen LogP contribution >= 0.6 is 11.3 Å². The molecule has 2 N–H and O–H groups in total. The summed E-state index contributed by atoms with van der Waals surface area (Å²) < 4.78 is 11.5. The summed E-state index contributed by atoms with van der Waals surface area (Å²) >= 11 is 1.43. The van der Waals surface area contributed by atoms with Crippen molar-refractivity contribution in [2.45, 2.75) is 11.7 Å². The van der Waals surface area contributed by atoms with E-state index in [1.54, 1.807) is 49.4 Å². The first kappa shape index (κ1) is 24.8. The van der Waals surface area contributed by atoms with Crippen molar-refractivity contribution in [3.8, 4) is 0 Å². The Morgan fingerprint density at radius 1 is 0.884 bits per heavy atom. The zero-order valence-electron chi connectivity index (χ0n) is 22.1. The number of rotatable bonds is 7. The number of imidazole rings is 1. The Morgan fingerprint density at radius 3 is 2.56 bits per heavy atom. The van der Waals surface area contributed by atoms with E-state index in [1.807, 2.05) is 46.7 Å². The van der Waals surface area contributed by atoms with Crippen LogP contribution in [0, 0.1) is 0 Å². The molecule has 7 aromatic rings. The lowest BCUT2D eigenvalue weighted by atomic mass is 9.85. The number of aromatic amines is 2. The van der Waals surface area contributed by atoms with Gasteiger partial charge in [0.15, 0.2) is 11.0 Å². The minimum Gasteiger partial charge on any atom is -0.443 e. The van der Waals surface area contributed by atoms with Crippen LogP contribution in [0.1, 0.15) is 34.8 Å². The molecule has 0 amide bonds. The molecular formula is C28H20N12O2S. The Labute approximate surface area is 246 Å². The zero-order chi connectivity index (χ0) is 28.6. The van der Waals surface area contributed by atoms with Gasteiger partial charge in [-0.15, -0.1) is 11.3 Å². The summed E-state index contributed by atoms with van der Waals surface area (Å²) in [6, 6.07) is 12.5. The number of H-pyrrole nitrogens is 2. The number of hydrogen-bond donors (Lipinski definition) is 2. The van der Waals surface area contributed by atoms with E-state index in [4.69, 9.17) is 29.0 Å². The molecule has 2 unspecified atom stereocenters. The van der Waals surface area contributed by atoms with E-state index < -0.39 is 11.7 Å². The molecule has 7 aromatic heterocycles. The lowest BCUT2D eigenvalue weighted by Gasteiger charge is -2.55. The van der Waals surface area contributed by atoms with E-state index in [2.05, 4.69) is 35.3 Å². The van der Waals surface area contributed by atoms with E-state index in [9.17, 15) is 0 Å². The second kappa shape index (κ2) is 10.1. The number of aromatic nitrogens is 10. The van der Waals surface area contributed by atoms with Crippen molar-refractivity contribution in [3.63, 3.8) is 0 Å². The smallest absolute Gasteiger partial charge is 0.243 e. The molecule has 0 fully saturated rings. The van der Waals surface area contributed by atoms with Crippen LogP contribution in [-0.4, -0.2) is 50.5 Å². The quantitative estimate of drug-likeness (QED) is 0.271. The fourth-order valence-electron chi connectivity index (χ4n) is 5.60. The number of nitrogens with zero attached hydrogens (tertiary/aromatic N) is 10. The van der Waals surface area contributed by atoms with E-state index in [0.717, 1.165) is 0 Å². The standard InChI is InChI=1S/C28H20N12O2S/c1-2-8-29-19(4-1)23-22(18-7-15-42-38-18)24(25-30-13-16-41-25)40(27-33-14-17-43-27)28(26-31-11-12-32-26,20-5-3-9-34-36-20)39(23)21-6-10-35-37-21/h1-17,23H,(H,31,32)(H,35,37). The van der Waals surface area contributed by atoms with Gasteiger partial charge in [-0.3, -0.25) is 15.0 Å². The molecule has 0 aliphatic carbocycles.